The van der Waals surface area contributed by atoms with E-state index in [2.05, 4.69) is 9.71 Å². The van der Waals surface area contributed by atoms with Crippen LogP contribution in [-0.2, 0) is 31.1 Å². The maximum Gasteiger partial charge on any atom is 0.490 e. The van der Waals surface area contributed by atoms with Gasteiger partial charge in [-0.05, 0) is 30.3 Å². The first-order valence-electron chi connectivity index (χ1n) is 10.9. The van der Waals surface area contributed by atoms with Crippen LogP contribution in [0.1, 0.15) is 22.3 Å². The molecule has 0 amide bonds. The van der Waals surface area contributed by atoms with Crippen molar-refractivity contribution in [2.24, 2.45) is 16.5 Å². The van der Waals surface area contributed by atoms with Crippen LogP contribution in [0.15, 0.2) is 47.5 Å². The summed E-state index contributed by atoms with van der Waals surface area (Å²) in [6, 6.07) is 8.29. The number of nitrogens with zero attached hydrogens (tertiary/aromatic N) is 1. The molecule has 0 aliphatic carbocycles. The zero-order chi connectivity index (χ0) is 32.3. The Morgan fingerprint density at radius 2 is 1.60 bits per heavy atom. The van der Waals surface area contributed by atoms with Gasteiger partial charge in [-0.15, -0.1) is 0 Å². The van der Waals surface area contributed by atoms with Crippen molar-refractivity contribution in [3.05, 3.63) is 53.6 Å². The molecule has 9 N–H and O–H groups in total. The van der Waals surface area contributed by atoms with Crippen molar-refractivity contribution in [2.75, 3.05) is 7.11 Å². The summed E-state index contributed by atoms with van der Waals surface area (Å²) in [5, 5.41) is 24.8. The van der Waals surface area contributed by atoms with Crippen molar-refractivity contribution in [3.8, 4) is 11.5 Å². The minimum absolute atomic E-state index is 0.109. The Hall–Kier alpha value is -4.95. The zero-order valence-corrected chi connectivity index (χ0v) is 22.1. The minimum Gasteiger partial charge on any atom is -0.496 e. The molecule has 0 aliphatic heterocycles. The Balaban J connectivity index is 0.00000112. The Kier molecular flexibility index (Phi) is 12.7. The van der Waals surface area contributed by atoms with Gasteiger partial charge in [-0.3, -0.25) is 9.59 Å². The summed E-state index contributed by atoms with van der Waals surface area (Å²) in [6.45, 7) is -0.335. The van der Waals surface area contributed by atoms with Crippen LogP contribution in [0.2, 0.25) is 0 Å². The summed E-state index contributed by atoms with van der Waals surface area (Å²) in [4.78, 5) is 46.9. The number of nitrogens with two attached hydrogens (primary N) is 2. The second kappa shape index (κ2) is 15.2. The van der Waals surface area contributed by atoms with Crippen LogP contribution in [-0.4, -0.2) is 72.9 Å². The fourth-order valence-corrected chi connectivity index (χ4v) is 3.66. The highest BCUT2D eigenvalue weighted by Crippen LogP contribution is 2.26. The molecule has 0 fully saturated rings. The predicted octanol–water partition coefficient (Wildman–Crippen LogP) is 0.305. The first kappa shape index (κ1) is 35.1. The number of methoxy groups -OCH3 is 1. The van der Waals surface area contributed by atoms with E-state index in [4.69, 9.17) is 41.1 Å². The summed E-state index contributed by atoms with van der Waals surface area (Å²) in [5.74, 6) is -6.43. The lowest BCUT2D eigenvalue weighted by Gasteiger charge is -2.15. The molecule has 0 spiro atoms. The largest absolute Gasteiger partial charge is 0.496 e. The van der Waals surface area contributed by atoms with Gasteiger partial charge in [0.1, 0.15) is 17.5 Å². The van der Waals surface area contributed by atoms with Crippen molar-refractivity contribution in [2.45, 2.75) is 25.2 Å². The molecule has 42 heavy (non-hydrogen) atoms. The van der Waals surface area contributed by atoms with Crippen LogP contribution in [0.3, 0.4) is 0 Å². The van der Waals surface area contributed by atoms with Crippen LogP contribution < -0.4 is 30.4 Å². The molecular formula is C22H24F3N5O11S. The fraction of sp³-hybridized carbons (Fsp3) is 0.227. The number of hydrogen-bond donors (Lipinski definition) is 7. The van der Waals surface area contributed by atoms with E-state index in [1.54, 1.807) is 4.72 Å². The van der Waals surface area contributed by atoms with Gasteiger partial charge in [0.25, 0.3) is 10.2 Å². The molecule has 1 unspecified atom stereocenters. The van der Waals surface area contributed by atoms with Gasteiger partial charge in [-0.25, -0.2) is 14.6 Å². The number of carbonyl (C=O) groups excluding carboxylic acids is 1. The van der Waals surface area contributed by atoms with Gasteiger partial charge in [0.2, 0.25) is 0 Å². The maximum atomic E-state index is 12.4. The summed E-state index contributed by atoms with van der Waals surface area (Å²) < 4.78 is 70.4. The Morgan fingerprint density at radius 1 is 1.02 bits per heavy atom. The van der Waals surface area contributed by atoms with Crippen molar-refractivity contribution in [1.29, 1.82) is 0 Å². The lowest BCUT2D eigenvalue weighted by atomic mass is 10.2. The lowest BCUT2D eigenvalue weighted by molar-refractivity contribution is -0.192. The molecule has 0 aromatic heterocycles. The van der Waals surface area contributed by atoms with E-state index in [1.165, 1.54) is 49.6 Å². The Labute approximate surface area is 234 Å². The topological polar surface area (TPSA) is 270 Å². The second-order valence-corrected chi connectivity index (χ2v) is 9.21. The third-order valence-electron chi connectivity index (χ3n) is 4.50. The number of carbonyl (C=O) groups is 4. The van der Waals surface area contributed by atoms with Gasteiger partial charge in [-0.1, -0.05) is 6.07 Å². The molecule has 1 atom stereocenters. The van der Waals surface area contributed by atoms with E-state index in [9.17, 15) is 36.0 Å². The van der Waals surface area contributed by atoms with E-state index in [0.29, 0.717) is 11.3 Å². The van der Waals surface area contributed by atoms with E-state index < -0.39 is 52.7 Å². The standard InChI is InChI=1S/C20H23N5O9S.C2HF3O2/c1-33-16-8-14(34-19(30)11-2-5-13(6-3-11)24-20(21)22)7-4-12(16)10-23-35(31,32)25-15(18(28)29)9-17(26)27;3-2(4,5)1(6)7/h2-8,15,23,25H,9-10H2,1H3,(H,26,27)(H,28,29)(H4,21,22,24);(H,6,7). The third kappa shape index (κ3) is 12.5. The predicted molar refractivity (Wildman–Crippen MR) is 136 cm³/mol. The first-order chi connectivity index (χ1) is 19.3. The number of alkyl halides is 3. The highest BCUT2D eigenvalue weighted by molar-refractivity contribution is 7.87. The number of carboxylic acid groups (broad SMARTS) is 3. The number of benzene rings is 2. The number of hydrogen-bond acceptors (Lipinski definition) is 9. The van der Waals surface area contributed by atoms with E-state index in [0.717, 1.165) is 0 Å². The van der Waals surface area contributed by atoms with Gasteiger partial charge in [0, 0.05) is 18.2 Å². The van der Waals surface area contributed by atoms with Crippen molar-refractivity contribution < 1.29 is 65.6 Å². The maximum absolute atomic E-state index is 12.4. The SMILES string of the molecule is COc1cc(OC(=O)c2ccc(N=C(N)N)cc2)ccc1CNS(=O)(=O)NC(CC(=O)O)C(=O)O.O=C(O)C(F)(F)F. The summed E-state index contributed by atoms with van der Waals surface area (Å²) in [7, 11) is -3.07. The Morgan fingerprint density at radius 3 is 2.05 bits per heavy atom. The zero-order valence-electron chi connectivity index (χ0n) is 21.3. The van der Waals surface area contributed by atoms with Gasteiger partial charge >= 0.3 is 30.1 Å². The summed E-state index contributed by atoms with van der Waals surface area (Å²) >= 11 is 0. The highest BCUT2D eigenvalue weighted by atomic mass is 32.2. The summed E-state index contributed by atoms with van der Waals surface area (Å²) in [5.41, 5.74) is 11.6. The molecule has 16 nitrogen and oxygen atoms in total. The van der Waals surface area contributed by atoms with Crippen LogP contribution >= 0.6 is 0 Å². The van der Waals surface area contributed by atoms with Gasteiger partial charge < -0.3 is 36.3 Å². The average Bonchev–Trinajstić information content (AvgIpc) is 2.86. The molecule has 0 heterocycles. The number of esters is 1. The molecule has 0 saturated carbocycles. The number of rotatable bonds is 12. The van der Waals surface area contributed by atoms with Crippen LogP contribution in [0.25, 0.3) is 0 Å². The number of halogens is 3. The lowest BCUT2D eigenvalue weighted by Crippen LogP contribution is -2.47. The molecule has 230 valence electrons. The number of nitrogens with one attached hydrogen (secondary N) is 2. The molecule has 0 aliphatic rings. The number of guanidine groups is 1. The molecule has 0 saturated heterocycles. The normalized spacial score (nSPS) is 11.7. The number of aliphatic imine (C=N–C) groups is 1. The van der Waals surface area contributed by atoms with Crippen molar-refractivity contribution >= 4 is 45.7 Å². The molecule has 0 bridgehead atoms. The third-order valence-corrected chi connectivity index (χ3v) is 5.62. The van der Waals surface area contributed by atoms with Crippen LogP contribution in [0.4, 0.5) is 18.9 Å². The van der Waals surface area contributed by atoms with Gasteiger partial charge in [0.05, 0.1) is 24.8 Å². The number of carboxylic acids is 3. The molecule has 0 radical (unpaired) electrons. The van der Waals surface area contributed by atoms with Gasteiger partial charge in [0.15, 0.2) is 5.96 Å². The Bertz CT molecular complexity index is 1430. The number of ether oxygens (including phenoxy) is 2. The van der Waals surface area contributed by atoms with E-state index in [1.807, 2.05) is 0 Å². The average molecular weight is 624 g/mol. The van der Waals surface area contributed by atoms with E-state index in [-0.39, 0.29) is 29.6 Å². The van der Waals surface area contributed by atoms with Crippen molar-refractivity contribution in [1.82, 2.24) is 9.44 Å². The molecule has 2 rings (SSSR count). The first-order valence-corrected chi connectivity index (χ1v) is 12.4. The smallest absolute Gasteiger partial charge is 0.490 e. The number of aliphatic carboxylic acids is 3. The second-order valence-electron chi connectivity index (χ2n) is 7.68. The molecule has 2 aromatic rings. The van der Waals surface area contributed by atoms with Crippen LogP contribution in [0.5, 0.6) is 11.5 Å². The molecule has 2 aromatic carbocycles. The van der Waals surface area contributed by atoms with Gasteiger partial charge in [-0.2, -0.15) is 31.0 Å². The summed E-state index contributed by atoms with van der Waals surface area (Å²) in [6.07, 6.45) is -6.03. The molecule has 20 heteroatoms. The highest BCUT2D eigenvalue weighted by Gasteiger charge is 2.38. The minimum atomic E-state index is -5.08. The van der Waals surface area contributed by atoms with E-state index >= 15 is 0 Å². The van der Waals surface area contributed by atoms with Crippen molar-refractivity contribution in [3.63, 3.8) is 0 Å². The quantitative estimate of drug-likeness (QED) is 0.0726. The van der Waals surface area contributed by atoms with Crippen LogP contribution in [0, 0.1) is 0 Å². The molecular weight excluding hydrogens is 599 g/mol. The monoisotopic (exact) mass is 623 g/mol. The fourth-order valence-electron chi connectivity index (χ4n) is 2.68.